The number of aryl methyl sites for hydroxylation is 1. The number of aromatic amines is 1. The minimum atomic E-state index is -0.449. The van der Waals surface area contributed by atoms with E-state index >= 15 is 0 Å². The molecule has 0 saturated heterocycles. The lowest BCUT2D eigenvalue weighted by atomic mass is 10.1. The molecule has 20 heavy (non-hydrogen) atoms. The SMILES string of the molecule is CCc1cccc2c(CCNC(=O)[C@@H](C)N)c[nH]c12.Cl. The van der Waals surface area contributed by atoms with Crippen molar-refractivity contribution in [3.63, 3.8) is 0 Å². The summed E-state index contributed by atoms with van der Waals surface area (Å²) in [5, 5.41) is 4.08. The minimum absolute atomic E-state index is 0. The van der Waals surface area contributed by atoms with Crippen molar-refractivity contribution in [3.8, 4) is 0 Å². The monoisotopic (exact) mass is 295 g/mol. The zero-order valence-corrected chi connectivity index (χ0v) is 12.7. The maximum absolute atomic E-state index is 11.4. The van der Waals surface area contributed by atoms with Crippen molar-refractivity contribution in [2.24, 2.45) is 5.73 Å². The van der Waals surface area contributed by atoms with Crippen LogP contribution in [0.3, 0.4) is 0 Å². The molecule has 1 amide bonds. The van der Waals surface area contributed by atoms with Crippen LogP contribution in [-0.2, 0) is 17.6 Å². The van der Waals surface area contributed by atoms with E-state index in [4.69, 9.17) is 5.73 Å². The van der Waals surface area contributed by atoms with Crippen LogP contribution in [0.1, 0.15) is 25.0 Å². The lowest BCUT2D eigenvalue weighted by Crippen LogP contribution is -2.39. The van der Waals surface area contributed by atoms with E-state index in [2.05, 4.69) is 35.4 Å². The Kier molecular flexibility index (Phi) is 6.05. The summed E-state index contributed by atoms with van der Waals surface area (Å²) in [7, 11) is 0. The van der Waals surface area contributed by atoms with Crippen LogP contribution in [0.4, 0.5) is 0 Å². The van der Waals surface area contributed by atoms with Gasteiger partial charge in [0.1, 0.15) is 0 Å². The number of fused-ring (bicyclic) bond motifs is 1. The van der Waals surface area contributed by atoms with Crippen LogP contribution in [0.5, 0.6) is 0 Å². The summed E-state index contributed by atoms with van der Waals surface area (Å²) in [5.41, 5.74) is 9.27. The molecule has 0 bridgehead atoms. The zero-order valence-electron chi connectivity index (χ0n) is 11.9. The molecule has 1 aromatic heterocycles. The van der Waals surface area contributed by atoms with Crippen LogP contribution in [-0.4, -0.2) is 23.5 Å². The lowest BCUT2D eigenvalue weighted by Gasteiger charge is -2.07. The van der Waals surface area contributed by atoms with Gasteiger partial charge in [0.15, 0.2) is 0 Å². The van der Waals surface area contributed by atoms with Crippen molar-refractivity contribution in [1.29, 1.82) is 0 Å². The van der Waals surface area contributed by atoms with Gasteiger partial charge in [0.25, 0.3) is 0 Å². The van der Waals surface area contributed by atoms with Gasteiger partial charge in [0.2, 0.25) is 5.91 Å². The van der Waals surface area contributed by atoms with Gasteiger partial charge in [0.05, 0.1) is 6.04 Å². The van der Waals surface area contributed by atoms with Crippen molar-refractivity contribution in [2.45, 2.75) is 32.7 Å². The van der Waals surface area contributed by atoms with Gasteiger partial charge in [-0.1, -0.05) is 25.1 Å². The third-order valence-electron chi connectivity index (χ3n) is 3.38. The van der Waals surface area contributed by atoms with Crippen LogP contribution in [0, 0.1) is 0 Å². The molecule has 1 heterocycles. The van der Waals surface area contributed by atoms with Crippen molar-refractivity contribution >= 4 is 29.2 Å². The first-order valence-electron chi connectivity index (χ1n) is 6.74. The number of hydrogen-bond acceptors (Lipinski definition) is 2. The number of carbonyl (C=O) groups is 1. The molecule has 4 nitrogen and oxygen atoms in total. The Balaban J connectivity index is 0.00000200. The molecule has 0 aliphatic heterocycles. The highest BCUT2D eigenvalue weighted by Gasteiger charge is 2.08. The van der Waals surface area contributed by atoms with Crippen molar-refractivity contribution in [1.82, 2.24) is 10.3 Å². The Morgan fingerprint density at radius 3 is 2.80 bits per heavy atom. The van der Waals surface area contributed by atoms with Crippen LogP contribution < -0.4 is 11.1 Å². The molecule has 5 heteroatoms. The zero-order chi connectivity index (χ0) is 13.8. The Hall–Kier alpha value is -1.52. The van der Waals surface area contributed by atoms with Gasteiger partial charge in [0, 0.05) is 23.6 Å². The molecule has 2 rings (SSSR count). The average Bonchev–Trinajstić information content (AvgIpc) is 2.81. The number of benzene rings is 1. The minimum Gasteiger partial charge on any atom is -0.361 e. The fourth-order valence-corrected chi connectivity index (χ4v) is 2.26. The molecule has 1 atom stereocenters. The van der Waals surface area contributed by atoms with Gasteiger partial charge >= 0.3 is 0 Å². The van der Waals surface area contributed by atoms with Gasteiger partial charge in [-0.2, -0.15) is 0 Å². The molecule has 0 fully saturated rings. The molecule has 0 saturated carbocycles. The van der Waals surface area contributed by atoms with Crippen LogP contribution in [0.15, 0.2) is 24.4 Å². The van der Waals surface area contributed by atoms with E-state index in [0.717, 1.165) is 12.8 Å². The number of nitrogens with one attached hydrogen (secondary N) is 2. The molecule has 0 aliphatic rings. The van der Waals surface area contributed by atoms with Gasteiger partial charge in [-0.05, 0) is 30.9 Å². The molecule has 0 aliphatic carbocycles. The summed E-state index contributed by atoms with van der Waals surface area (Å²) in [6, 6.07) is 5.89. The number of nitrogens with two attached hydrogens (primary N) is 1. The quantitative estimate of drug-likeness (QED) is 0.791. The van der Waals surface area contributed by atoms with Crippen molar-refractivity contribution in [2.75, 3.05) is 6.54 Å². The Bertz CT molecular complexity index is 578. The number of rotatable bonds is 5. The Labute approximate surface area is 125 Å². The van der Waals surface area contributed by atoms with Gasteiger partial charge < -0.3 is 16.0 Å². The summed E-state index contributed by atoms with van der Waals surface area (Å²) in [6.07, 6.45) is 3.85. The lowest BCUT2D eigenvalue weighted by molar-refractivity contribution is -0.121. The maximum atomic E-state index is 11.4. The number of H-pyrrole nitrogens is 1. The summed E-state index contributed by atoms with van der Waals surface area (Å²) in [6.45, 7) is 4.45. The average molecular weight is 296 g/mol. The van der Waals surface area contributed by atoms with E-state index in [1.807, 2.05) is 6.20 Å². The molecule has 1 aromatic carbocycles. The topological polar surface area (TPSA) is 70.9 Å². The van der Waals surface area contributed by atoms with E-state index in [1.165, 1.54) is 22.0 Å². The first-order valence-corrected chi connectivity index (χ1v) is 6.74. The summed E-state index contributed by atoms with van der Waals surface area (Å²) in [5.74, 6) is -0.103. The highest BCUT2D eigenvalue weighted by atomic mass is 35.5. The molecule has 0 radical (unpaired) electrons. The summed E-state index contributed by atoms with van der Waals surface area (Å²) >= 11 is 0. The third kappa shape index (κ3) is 3.52. The second-order valence-corrected chi connectivity index (χ2v) is 4.84. The largest absolute Gasteiger partial charge is 0.361 e. The number of halogens is 1. The molecule has 0 spiro atoms. The fraction of sp³-hybridized carbons (Fsp3) is 0.400. The van der Waals surface area contributed by atoms with Gasteiger partial charge in [-0.3, -0.25) is 4.79 Å². The number of para-hydroxylation sites is 1. The van der Waals surface area contributed by atoms with Crippen molar-refractivity contribution < 1.29 is 4.79 Å². The number of carbonyl (C=O) groups excluding carboxylic acids is 1. The number of aromatic nitrogens is 1. The molecular formula is C15H22ClN3O. The highest BCUT2D eigenvalue weighted by molar-refractivity contribution is 5.86. The number of amides is 1. The van der Waals surface area contributed by atoms with E-state index in [0.29, 0.717) is 6.54 Å². The van der Waals surface area contributed by atoms with Gasteiger partial charge in [-0.15, -0.1) is 12.4 Å². The molecule has 4 N–H and O–H groups in total. The molecular weight excluding hydrogens is 274 g/mol. The Morgan fingerprint density at radius 1 is 1.40 bits per heavy atom. The second-order valence-electron chi connectivity index (χ2n) is 4.84. The fourth-order valence-electron chi connectivity index (χ4n) is 2.26. The smallest absolute Gasteiger partial charge is 0.236 e. The second kappa shape index (κ2) is 7.31. The number of hydrogen-bond donors (Lipinski definition) is 3. The summed E-state index contributed by atoms with van der Waals surface area (Å²) in [4.78, 5) is 14.7. The van der Waals surface area contributed by atoms with E-state index in [9.17, 15) is 4.79 Å². The Morgan fingerprint density at radius 2 is 2.15 bits per heavy atom. The van der Waals surface area contributed by atoms with Crippen molar-refractivity contribution in [3.05, 3.63) is 35.5 Å². The summed E-state index contributed by atoms with van der Waals surface area (Å²) < 4.78 is 0. The third-order valence-corrected chi connectivity index (χ3v) is 3.38. The maximum Gasteiger partial charge on any atom is 0.236 e. The van der Waals surface area contributed by atoms with E-state index in [-0.39, 0.29) is 18.3 Å². The van der Waals surface area contributed by atoms with Crippen LogP contribution in [0.2, 0.25) is 0 Å². The highest BCUT2D eigenvalue weighted by Crippen LogP contribution is 2.22. The van der Waals surface area contributed by atoms with Crippen LogP contribution >= 0.6 is 12.4 Å². The normalized spacial score (nSPS) is 11.9. The predicted molar refractivity (Wildman–Crippen MR) is 85.3 cm³/mol. The molecule has 0 unspecified atom stereocenters. The first-order chi connectivity index (χ1) is 9.13. The van der Waals surface area contributed by atoms with Crippen LogP contribution in [0.25, 0.3) is 10.9 Å². The molecule has 2 aromatic rings. The standard InChI is InChI=1S/C15H21N3O.ClH/c1-3-11-5-4-6-13-12(9-18-14(11)13)7-8-17-15(19)10(2)16;/h4-6,9-10,18H,3,7-8,16H2,1-2H3,(H,17,19);1H/t10-;/m1./s1. The predicted octanol–water partition coefficient (Wildman–Crippen LogP) is 2.16. The first kappa shape index (κ1) is 16.5. The van der Waals surface area contributed by atoms with E-state index < -0.39 is 6.04 Å². The van der Waals surface area contributed by atoms with E-state index in [1.54, 1.807) is 6.92 Å². The van der Waals surface area contributed by atoms with Gasteiger partial charge in [-0.25, -0.2) is 0 Å². The molecule has 110 valence electrons.